The average molecular weight is 236 g/mol. The summed E-state index contributed by atoms with van der Waals surface area (Å²) in [5, 5.41) is 0. The Hall–Kier alpha value is -1.38. The standard InChI is InChI=1S/C14H17FO2/c1-4-14(2)9(8-12(14)16)13-10(15)6-5-7-11(13)17-3/h5-7,9H,4,8H2,1-3H3. The van der Waals surface area contributed by atoms with Gasteiger partial charge in [0.1, 0.15) is 17.3 Å². The van der Waals surface area contributed by atoms with Crippen LogP contribution in [0.1, 0.15) is 38.2 Å². The number of carbonyl (C=O) groups excluding carboxylic acids is 1. The van der Waals surface area contributed by atoms with Crippen molar-refractivity contribution in [3.63, 3.8) is 0 Å². The minimum atomic E-state index is -0.435. The largest absolute Gasteiger partial charge is 0.496 e. The van der Waals surface area contributed by atoms with Gasteiger partial charge in [-0.25, -0.2) is 4.39 Å². The van der Waals surface area contributed by atoms with Crippen LogP contribution in [0.3, 0.4) is 0 Å². The predicted octanol–water partition coefficient (Wildman–Crippen LogP) is 3.31. The highest BCUT2D eigenvalue weighted by Crippen LogP contribution is 2.54. The number of benzene rings is 1. The summed E-state index contributed by atoms with van der Waals surface area (Å²) in [6.45, 7) is 3.88. The zero-order valence-corrected chi connectivity index (χ0v) is 10.4. The van der Waals surface area contributed by atoms with Crippen LogP contribution in [0.2, 0.25) is 0 Å². The number of hydrogen-bond donors (Lipinski definition) is 0. The highest BCUT2D eigenvalue weighted by atomic mass is 19.1. The summed E-state index contributed by atoms with van der Waals surface area (Å²) in [6, 6.07) is 4.80. The number of hydrogen-bond acceptors (Lipinski definition) is 2. The molecule has 1 aromatic rings. The second-order valence-electron chi connectivity index (χ2n) is 4.81. The van der Waals surface area contributed by atoms with E-state index in [9.17, 15) is 9.18 Å². The monoisotopic (exact) mass is 236 g/mol. The highest BCUT2D eigenvalue weighted by Gasteiger charge is 2.51. The number of carbonyl (C=O) groups is 1. The molecule has 2 rings (SSSR count). The number of methoxy groups -OCH3 is 1. The third kappa shape index (κ3) is 1.65. The van der Waals surface area contributed by atoms with Gasteiger partial charge in [0.2, 0.25) is 0 Å². The summed E-state index contributed by atoms with van der Waals surface area (Å²) in [5.74, 6) is 0.426. The van der Waals surface area contributed by atoms with Gasteiger partial charge in [-0.1, -0.05) is 19.9 Å². The van der Waals surface area contributed by atoms with E-state index in [1.54, 1.807) is 12.1 Å². The lowest BCUT2D eigenvalue weighted by atomic mass is 9.56. The molecule has 0 spiro atoms. The zero-order chi connectivity index (χ0) is 12.6. The summed E-state index contributed by atoms with van der Waals surface area (Å²) in [6.07, 6.45) is 1.15. The first-order valence-electron chi connectivity index (χ1n) is 5.90. The van der Waals surface area contributed by atoms with Crippen LogP contribution in [0.25, 0.3) is 0 Å². The third-order valence-corrected chi connectivity index (χ3v) is 4.11. The van der Waals surface area contributed by atoms with Gasteiger partial charge in [0, 0.05) is 23.3 Å². The maximum absolute atomic E-state index is 13.9. The Bertz CT molecular complexity index is 456. The maximum Gasteiger partial charge on any atom is 0.140 e. The predicted molar refractivity (Wildman–Crippen MR) is 63.7 cm³/mol. The minimum absolute atomic E-state index is 0.0591. The summed E-state index contributed by atoms with van der Waals surface area (Å²) >= 11 is 0. The Labute approximate surface area is 101 Å². The molecule has 2 unspecified atom stereocenters. The van der Waals surface area contributed by atoms with Gasteiger partial charge in [0.15, 0.2) is 0 Å². The smallest absolute Gasteiger partial charge is 0.140 e. The van der Waals surface area contributed by atoms with E-state index in [2.05, 4.69) is 0 Å². The molecule has 2 nitrogen and oxygen atoms in total. The van der Waals surface area contributed by atoms with E-state index in [1.165, 1.54) is 13.2 Å². The molecule has 17 heavy (non-hydrogen) atoms. The van der Waals surface area contributed by atoms with Crippen molar-refractivity contribution in [1.82, 2.24) is 0 Å². The molecule has 0 N–H and O–H groups in total. The van der Waals surface area contributed by atoms with Crippen molar-refractivity contribution in [3.05, 3.63) is 29.6 Å². The number of ether oxygens (including phenoxy) is 1. The van der Waals surface area contributed by atoms with Crippen LogP contribution < -0.4 is 4.74 Å². The summed E-state index contributed by atoms with van der Waals surface area (Å²) in [7, 11) is 1.53. The molecule has 1 aliphatic rings. The SMILES string of the molecule is CCC1(C)C(=O)CC1c1c(F)cccc1OC. The first-order valence-corrected chi connectivity index (χ1v) is 5.90. The van der Waals surface area contributed by atoms with Crippen molar-refractivity contribution in [1.29, 1.82) is 0 Å². The van der Waals surface area contributed by atoms with Crippen LogP contribution in [0, 0.1) is 11.2 Å². The van der Waals surface area contributed by atoms with Gasteiger partial charge in [-0.05, 0) is 18.6 Å². The molecule has 2 atom stereocenters. The maximum atomic E-state index is 13.9. The lowest BCUT2D eigenvalue weighted by Gasteiger charge is -2.45. The molecule has 0 bridgehead atoms. The molecule has 3 heteroatoms. The molecule has 0 aliphatic heterocycles. The zero-order valence-electron chi connectivity index (χ0n) is 10.4. The van der Waals surface area contributed by atoms with Gasteiger partial charge < -0.3 is 4.74 Å². The van der Waals surface area contributed by atoms with Crippen LogP contribution in [-0.4, -0.2) is 12.9 Å². The van der Waals surface area contributed by atoms with Crippen LogP contribution in [0.5, 0.6) is 5.75 Å². The van der Waals surface area contributed by atoms with Crippen molar-refractivity contribution >= 4 is 5.78 Å². The normalized spacial score (nSPS) is 27.8. The summed E-state index contributed by atoms with van der Waals surface area (Å²) in [5.41, 5.74) is 0.120. The van der Waals surface area contributed by atoms with E-state index in [0.29, 0.717) is 17.7 Å². The molecule has 1 fully saturated rings. The van der Waals surface area contributed by atoms with Crippen molar-refractivity contribution < 1.29 is 13.9 Å². The third-order valence-electron chi connectivity index (χ3n) is 4.11. The Kier molecular flexibility index (Phi) is 2.94. The fourth-order valence-corrected chi connectivity index (χ4v) is 2.60. The second kappa shape index (κ2) is 4.13. The Morgan fingerprint density at radius 3 is 2.76 bits per heavy atom. The van der Waals surface area contributed by atoms with Gasteiger partial charge in [0.05, 0.1) is 7.11 Å². The number of rotatable bonds is 3. The van der Waals surface area contributed by atoms with Crippen molar-refractivity contribution in [2.24, 2.45) is 5.41 Å². The van der Waals surface area contributed by atoms with E-state index in [4.69, 9.17) is 4.74 Å². The van der Waals surface area contributed by atoms with E-state index in [-0.39, 0.29) is 17.5 Å². The van der Waals surface area contributed by atoms with Crippen molar-refractivity contribution in [2.75, 3.05) is 7.11 Å². The molecular formula is C14H17FO2. The quantitative estimate of drug-likeness (QED) is 0.804. The Morgan fingerprint density at radius 1 is 1.53 bits per heavy atom. The van der Waals surface area contributed by atoms with Crippen LogP contribution in [0.4, 0.5) is 4.39 Å². The molecule has 0 heterocycles. The van der Waals surface area contributed by atoms with Crippen LogP contribution >= 0.6 is 0 Å². The molecule has 92 valence electrons. The molecule has 0 aromatic heterocycles. The highest BCUT2D eigenvalue weighted by molar-refractivity contribution is 5.93. The lowest BCUT2D eigenvalue weighted by molar-refractivity contribution is -0.139. The average Bonchev–Trinajstić information content (AvgIpc) is 2.35. The minimum Gasteiger partial charge on any atom is -0.496 e. The second-order valence-corrected chi connectivity index (χ2v) is 4.81. The van der Waals surface area contributed by atoms with Gasteiger partial charge in [-0.3, -0.25) is 4.79 Å². The molecule has 0 saturated heterocycles. The Balaban J connectivity index is 2.45. The summed E-state index contributed by atoms with van der Waals surface area (Å²) in [4.78, 5) is 11.7. The van der Waals surface area contributed by atoms with Crippen LogP contribution in [0.15, 0.2) is 18.2 Å². The molecular weight excluding hydrogens is 219 g/mol. The van der Waals surface area contributed by atoms with Gasteiger partial charge in [-0.2, -0.15) is 0 Å². The first kappa shape index (κ1) is 12.1. The van der Waals surface area contributed by atoms with Gasteiger partial charge in [0.25, 0.3) is 0 Å². The first-order chi connectivity index (χ1) is 8.04. The molecule has 1 aliphatic carbocycles. The molecule has 1 saturated carbocycles. The van der Waals surface area contributed by atoms with Gasteiger partial charge in [-0.15, -0.1) is 0 Å². The fraction of sp³-hybridized carbons (Fsp3) is 0.500. The van der Waals surface area contributed by atoms with Crippen molar-refractivity contribution in [2.45, 2.75) is 32.6 Å². The molecule has 0 amide bonds. The topological polar surface area (TPSA) is 26.3 Å². The van der Waals surface area contributed by atoms with Crippen LogP contribution in [-0.2, 0) is 4.79 Å². The molecule has 0 radical (unpaired) electrons. The van der Waals surface area contributed by atoms with Crippen molar-refractivity contribution in [3.8, 4) is 5.75 Å². The number of ketones is 1. The van der Waals surface area contributed by atoms with E-state index < -0.39 is 5.41 Å². The van der Waals surface area contributed by atoms with E-state index in [1.807, 2.05) is 13.8 Å². The number of halogens is 1. The molecule has 1 aromatic carbocycles. The van der Waals surface area contributed by atoms with E-state index in [0.717, 1.165) is 6.42 Å². The Morgan fingerprint density at radius 2 is 2.24 bits per heavy atom. The lowest BCUT2D eigenvalue weighted by Crippen LogP contribution is -2.45. The fourth-order valence-electron chi connectivity index (χ4n) is 2.60. The number of Topliss-reactive ketones (excluding diaryl/α,β-unsaturated/α-hetero) is 1. The summed E-state index contributed by atoms with van der Waals surface area (Å²) < 4.78 is 19.1. The van der Waals surface area contributed by atoms with Gasteiger partial charge >= 0.3 is 0 Å². The van der Waals surface area contributed by atoms with E-state index >= 15 is 0 Å².